The molecule has 0 spiro atoms. The summed E-state index contributed by atoms with van der Waals surface area (Å²) in [6, 6.07) is 21.2. The second-order valence-electron chi connectivity index (χ2n) is 9.71. The molecule has 0 N–H and O–H groups in total. The Hall–Kier alpha value is -1.28. The molecular weight excluding hydrogens is 539 g/mol. The van der Waals surface area contributed by atoms with E-state index in [2.05, 4.69) is 115 Å². The van der Waals surface area contributed by atoms with Gasteiger partial charge in [0.25, 0.3) is 0 Å². The van der Waals surface area contributed by atoms with Crippen LogP contribution in [0.2, 0.25) is 0 Å². The molecule has 36 heavy (non-hydrogen) atoms. The van der Waals surface area contributed by atoms with Crippen molar-refractivity contribution in [2.75, 3.05) is 0 Å². The molecule has 1 aliphatic carbocycles. The maximum atomic E-state index is 3.68. The molecule has 0 saturated carbocycles. The molecule has 0 bridgehead atoms. The summed E-state index contributed by atoms with van der Waals surface area (Å²) in [6.07, 6.45) is 7.99. The Morgan fingerprint density at radius 1 is 0.583 bits per heavy atom. The van der Waals surface area contributed by atoms with E-state index in [9.17, 15) is 0 Å². The van der Waals surface area contributed by atoms with E-state index in [4.69, 9.17) is 0 Å². The molecule has 0 nitrogen and oxygen atoms in total. The SMILES string of the molecule is CCC1=[C-]CC=C1C(c1cc(C)cc(C)c1)(c1cc(C)cc(C)c1)c1cc(C)cc(C)c1.[Cl-].[Cl-].[Cl-].[Ti+4]. The van der Waals surface area contributed by atoms with Crippen LogP contribution in [0.1, 0.15) is 69.8 Å². The van der Waals surface area contributed by atoms with Crippen molar-refractivity contribution in [3.63, 3.8) is 0 Å². The minimum absolute atomic E-state index is 0. The minimum atomic E-state index is -0.362. The molecule has 0 saturated heterocycles. The smallest absolute Gasteiger partial charge is 1.00 e. The summed E-state index contributed by atoms with van der Waals surface area (Å²) < 4.78 is 0. The van der Waals surface area contributed by atoms with Gasteiger partial charge in [-0.25, -0.2) is 5.57 Å². The molecule has 0 unspecified atom stereocenters. The van der Waals surface area contributed by atoms with Crippen LogP contribution in [-0.2, 0) is 27.1 Å². The Morgan fingerprint density at radius 3 is 1.17 bits per heavy atom. The van der Waals surface area contributed by atoms with Crippen molar-refractivity contribution in [3.05, 3.63) is 128 Å². The summed E-state index contributed by atoms with van der Waals surface area (Å²) in [5, 5.41) is 0. The molecule has 0 aliphatic heterocycles. The molecule has 4 rings (SSSR count). The van der Waals surface area contributed by atoms with Crippen LogP contribution in [0.15, 0.2) is 71.8 Å². The van der Waals surface area contributed by atoms with Crippen molar-refractivity contribution in [1.29, 1.82) is 0 Å². The summed E-state index contributed by atoms with van der Waals surface area (Å²) in [5.41, 5.74) is 14.3. The van der Waals surface area contributed by atoms with Gasteiger partial charge in [-0.3, -0.25) is 6.08 Å². The quantitative estimate of drug-likeness (QED) is 0.216. The van der Waals surface area contributed by atoms with E-state index in [1.54, 1.807) is 0 Å². The molecule has 188 valence electrons. The van der Waals surface area contributed by atoms with E-state index < -0.39 is 0 Å². The predicted molar refractivity (Wildman–Crippen MR) is 137 cm³/mol. The number of hydrogen-bond acceptors (Lipinski definition) is 0. The Balaban J connectivity index is 0.00000306. The van der Waals surface area contributed by atoms with Crippen LogP contribution in [0, 0.1) is 47.6 Å². The number of aryl methyl sites for hydroxylation is 6. The number of allylic oxidation sites excluding steroid dienone is 4. The second-order valence-corrected chi connectivity index (χ2v) is 9.71. The third-order valence-electron chi connectivity index (χ3n) is 6.67. The maximum Gasteiger partial charge on any atom is 4.00 e. The van der Waals surface area contributed by atoms with Crippen molar-refractivity contribution >= 4 is 0 Å². The van der Waals surface area contributed by atoms with Crippen LogP contribution in [0.3, 0.4) is 0 Å². The zero-order valence-electron chi connectivity index (χ0n) is 22.3. The van der Waals surface area contributed by atoms with Gasteiger partial charge in [0.15, 0.2) is 0 Å². The van der Waals surface area contributed by atoms with E-state index in [-0.39, 0.29) is 64.4 Å². The first kappa shape index (κ1) is 34.7. The van der Waals surface area contributed by atoms with Crippen LogP contribution in [0.4, 0.5) is 0 Å². The molecule has 4 heteroatoms. The van der Waals surface area contributed by atoms with E-state index in [1.165, 1.54) is 61.2 Å². The summed E-state index contributed by atoms with van der Waals surface area (Å²) in [6.45, 7) is 15.6. The van der Waals surface area contributed by atoms with Crippen molar-refractivity contribution in [2.24, 2.45) is 0 Å². The fourth-order valence-electron chi connectivity index (χ4n) is 5.73. The molecule has 3 aromatic carbocycles. The van der Waals surface area contributed by atoms with Gasteiger partial charge in [0.2, 0.25) is 0 Å². The van der Waals surface area contributed by atoms with Gasteiger partial charge >= 0.3 is 21.7 Å². The van der Waals surface area contributed by atoms with E-state index in [0.29, 0.717) is 0 Å². The average molecular weight is 574 g/mol. The molecule has 0 aromatic heterocycles. The molecule has 0 atom stereocenters. The summed E-state index contributed by atoms with van der Waals surface area (Å²) in [5.74, 6) is 0. The largest absolute Gasteiger partial charge is 4.00 e. The van der Waals surface area contributed by atoms with Gasteiger partial charge in [-0.2, -0.15) is 11.6 Å². The van der Waals surface area contributed by atoms with Crippen LogP contribution >= 0.6 is 0 Å². The Morgan fingerprint density at radius 2 is 0.889 bits per heavy atom. The van der Waals surface area contributed by atoms with Crippen LogP contribution in [0.25, 0.3) is 0 Å². The van der Waals surface area contributed by atoms with Crippen molar-refractivity contribution in [1.82, 2.24) is 0 Å². The zero-order valence-corrected chi connectivity index (χ0v) is 26.2. The van der Waals surface area contributed by atoms with Gasteiger partial charge in [0.05, 0.1) is 0 Å². The molecular formula is C32H35Cl3Ti. The first-order chi connectivity index (χ1) is 15.2. The second kappa shape index (κ2) is 14.0. The Bertz CT molecular complexity index is 1070. The van der Waals surface area contributed by atoms with Gasteiger partial charge < -0.3 is 37.2 Å². The van der Waals surface area contributed by atoms with Gasteiger partial charge in [0, 0.05) is 5.41 Å². The fourth-order valence-corrected chi connectivity index (χ4v) is 5.73. The minimum Gasteiger partial charge on any atom is -1.00 e. The topological polar surface area (TPSA) is 0 Å². The van der Waals surface area contributed by atoms with Crippen molar-refractivity contribution in [2.45, 2.75) is 66.7 Å². The van der Waals surface area contributed by atoms with E-state index in [0.717, 1.165) is 12.8 Å². The zero-order chi connectivity index (χ0) is 23.0. The standard InChI is InChI=1S/C32H35.3ClH.Ti/c1-8-27-10-9-11-31(27)32(28-15-21(2)12-22(3)16-28,29-17-23(4)13-24(5)18-29)30-19-25(6)14-26(7)20-30;;;;/h11-20H,8-9H2,1-7H3;3*1H;/q-1;;;;+4/p-3. The Kier molecular flexibility index (Phi) is 13.5. The number of rotatable bonds is 5. The number of halogens is 3. The number of benzene rings is 3. The van der Waals surface area contributed by atoms with Crippen LogP contribution in [-0.4, -0.2) is 0 Å². The normalized spacial score (nSPS) is 12.3. The first-order valence-electron chi connectivity index (χ1n) is 11.8. The maximum absolute atomic E-state index is 3.68. The Labute approximate surface area is 252 Å². The van der Waals surface area contributed by atoms with Gasteiger partial charge in [-0.1, -0.05) is 101 Å². The van der Waals surface area contributed by atoms with Crippen LogP contribution in [0.5, 0.6) is 0 Å². The van der Waals surface area contributed by atoms with E-state index >= 15 is 0 Å². The summed E-state index contributed by atoms with van der Waals surface area (Å²) in [4.78, 5) is 0. The van der Waals surface area contributed by atoms with Gasteiger partial charge in [-0.15, -0.1) is 6.42 Å². The molecule has 3 aromatic rings. The molecule has 0 heterocycles. The third-order valence-corrected chi connectivity index (χ3v) is 6.67. The predicted octanol–water partition coefficient (Wildman–Crippen LogP) is -0.649. The molecule has 0 fully saturated rings. The molecule has 0 amide bonds. The summed E-state index contributed by atoms with van der Waals surface area (Å²) in [7, 11) is 0. The summed E-state index contributed by atoms with van der Waals surface area (Å²) >= 11 is 0. The monoisotopic (exact) mass is 572 g/mol. The van der Waals surface area contributed by atoms with Crippen LogP contribution < -0.4 is 37.2 Å². The van der Waals surface area contributed by atoms with Gasteiger partial charge in [-0.05, 0) is 58.2 Å². The van der Waals surface area contributed by atoms with Crippen molar-refractivity contribution < 1.29 is 58.9 Å². The number of hydrogen-bond donors (Lipinski definition) is 0. The first-order valence-corrected chi connectivity index (χ1v) is 11.8. The fraction of sp³-hybridized carbons (Fsp3) is 0.312. The van der Waals surface area contributed by atoms with Crippen molar-refractivity contribution in [3.8, 4) is 0 Å². The van der Waals surface area contributed by atoms with Gasteiger partial charge in [0.1, 0.15) is 0 Å². The molecule has 1 aliphatic rings. The third kappa shape index (κ3) is 6.58. The van der Waals surface area contributed by atoms with E-state index in [1.807, 2.05) is 0 Å². The molecule has 0 radical (unpaired) electrons. The average Bonchev–Trinajstić information content (AvgIpc) is 3.15.